The van der Waals surface area contributed by atoms with E-state index in [2.05, 4.69) is 11.8 Å². The first-order chi connectivity index (χ1) is 10.1. The van der Waals surface area contributed by atoms with Gasteiger partial charge in [-0.15, -0.1) is 0 Å². The molecule has 0 bridgehead atoms. The molecule has 21 heavy (non-hydrogen) atoms. The summed E-state index contributed by atoms with van der Waals surface area (Å²) < 4.78 is 17.9. The summed E-state index contributed by atoms with van der Waals surface area (Å²) in [6.07, 6.45) is 0.882. The molecule has 3 rings (SSSR count). The van der Waals surface area contributed by atoms with E-state index in [-0.39, 0.29) is 11.9 Å². The quantitative estimate of drug-likeness (QED) is 0.854. The molecule has 2 saturated heterocycles. The Bertz CT molecular complexity index is 506. The van der Waals surface area contributed by atoms with E-state index in [0.717, 1.165) is 26.1 Å². The molecular weight excluding hydrogens is 271 g/mol. The third kappa shape index (κ3) is 3.18. The fraction of sp³-hybridized carbons (Fsp3) is 0.562. The number of amides is 1. The summed E-state index contributed by atoms with van der Waals surface area (Å²) in [6, 6.07) is 7.31. The highest BCUT2D eigenvalue weighted by molar-refractivity contribution is 5.69. The first-order valence-corrected chi connectivity index (χ1v) is 7.54. The fourth-order valence-electron chi connectivity index (χ4n) is 3.26. The Kier molecular flexibility index (Phi) is 4.10. The number of ether oxygens (including phenoxy) is 1. The van der Waals surface area contributed by atoms with Crippen LogP contribution in [-0.4, -0.2) is 54.7 Å². The van der Waals surface area contributed by atoms with Gasteiger partial charge in [0.1, 0.15) is 12.4 Å². The number of benzene rings is 1. The molecule has 2 heterocycles. The lowest BCUT2D eigenvalue weighted by atomic mass is 9.97. The summed E-state index contributed by atoms with van der Waals surface area (Å²) in [5.74, 6) is 0.264. The van der Waals surface area contributed by atoms with Gasteiger partial charge in [0, 0.05) is 25.7 Å². The van der Waals surface area contributed by atoms with Crippen LogP contribution in [0.5, 0.6) is 0 Å². The number of likely N-dealkylation sites (tertiary alicyclic amines) is 1. The van der Waals surface area contributed by atoms with Crippen molar-refractivity contribution in [1.82, 2.24) is 9.80 Å². The number of halogens is 1. The smallest absolute Gasteiger partial charge is 0.409 e. The van der Waals surface area contributed by atoms with Crippen LogP contribution in [0.15, 0.2) is 24.3 Å². The van der Waals surface area contributed by atoms with Crippen LogP contribution in [0.3, 0.4) is 0 Å². The average Bonchev–Trinajstić information content (AvgIpc) is 3.04. The molecule has 2 aliphatic heterocycles. The minimum absolute atomic E-state index is 0.186. The molecule has 0 saturated carbocycles. The van der Waals surface area contributed by atoms with Crippen molar-refractivity contribution in [3.63, 3.8) is 0 Å². The summed E-state index contributed by atoms with van der Waals surface area (Å²) in [5.41, 5.74) is 1.20. The predicted octanol–water partition coefficient (Wildman–Crippen LogP) is 2.46. The van der Waals surface area contributed by atoms with Crippen LogP contribution in [0.4, 0.5) is 9.18 Å². The standard InChI is InChI=1S/C16H21FN2O2/c1-12-10-14(13-2-4-15(17)5-3-13)11-19(12)7-6-18-8-9-21-16(18)20/h2-5,12,14H,6-11H2,1H3/t12-,14-/m0/s1. The summed E-state index contributed by atoms with van der Waals surface area (Å²) in [7, 11) is 0. The highest BCUT2D eigenvalue weighted by Gasteiger charge is 2.31. The predicted molar refractivity (Wildman–Crippen MR) is 77.7 cm³/mol. The number of nitrogens with zero attached hydrogens (tertiary/aromatic N) is 2. The Morgan fingerprint density at radius 3 is 2.71 bits per heavy atom. The number of carbonyl (C=O) groups is 1. The van der Waals surface area contributed by atoms with Gasteiger partial charge in [0.05, 0.1) is 6.54 Å². The van der Waals surface area contributed by atoms with E-state index in [1.165, 1.54) is 17.7 Å². The number of rotatable bonds is 4. The molecule has 2 atom stereocenters. The van der Waals surface area contributed by atoms with Gasteiger partial charge in [0.25, 0.3) is 0 Å². The van der Waals surface area contributed by atoms with Gasteiger partial charge in [0.15, 0.2) is 0 Å². The highest BCUT2D eigenvalue weighted by atomic mass is 19.1. The summed E-state index contributed by atoms with van der Waals surface area (Å²) in [5, 5.41) is 0. The van der Waals surface area contributed by atoms with Crippen molar-refractivity contribution in [1.29, 1.82) is 0 Å². The molecule has 1 aromatic carbocycles. The lowest BCUT2D eigenvalue weighted by molar-refractivity contribution is 0.152. The molecule has 0 spiro atoms. The van der Waals surface area contributed by atoms with Crippen LogP contribution in [0.1, 0.15) is 24.8 Å². The van der Waals surface area contributed by atoms with Crippen LogP contribution >= 0.6 is 0 Å². The molecule has 0 aliphatic carbocycles. The third-order valence-electron chi connectivity index (χ3n) is 4.55. The second kappa shape index (κ2) is 6.02. The van der Waals surface area contributed by atoms with Gasteiger partial charge in [-0.25, -0.2) is 9.18 Å². The van der Waals surface area contributed by atoms with Gasteiger partial charge in [-0.1, -0.05) is 12.1 Å². The van der Waals surface area contributed by atoms with Gasteiger partial charge in [-0.05, 0) is 37.0 Å². The molecule has 0 unspecified atom stereocenters. The van der Waals surface area contributed by atoms with Gasteiger partial charge in [0.2, 0.25) is 0 Å². The molecule has 1 amide bonds. The molecule has 114 valence electrons. The van der Waals surface area contributed by atoms with Gasteiger partial charge < -0.3 is 9.64 Å². The molecule has 2 fully saturated rings. The van der Waals surface area contributed by atoms with E-state index < -0.39 is 0 Å². The van der Waals surface area contributed by atoms with Crippen molar-refractivity contribution < 1.29 is 13.9 Å². The first kappa shape index (κ1) is 14.3. The number of hydrogen-bond donors (Lipinski definition) is 0. The van der Waals surface area contributed by atoms with E-state index in [0.29, 0.717) is 25.1 Å². The lowest BCUT2D eigenvalue weighted by Gasteiger charge is -2.23. The zero-order valence-corrected chi connectivity index (χ0v) is 12.3. The Balaban J connectivity index is 1.55. The molecule has 1 aromatic rings. The van der Waals surface area contributed by atoms with Gasteiger partial charge >= 0.3 is 6.09 Å². The normalized spacial score (nSPS) is 26.4. The third-order valence-corrected chi connectivity index (χ3v) is 4.55. The van der Waals surface area contributed by atoms with E-state index in [9.17, 15) is 9.18 Å². The molecule has 5 heteroatoms. The average molecular weight is 292 g/mol. The van der Waals surface area contributed by atoms with E-state index in [1.54, 1.807) is 4.90 Å². The fourth-order valence-corrected chi connectivity index (χ4v) is 3.26. The van der Waals surface area contributed by atoms with E-state index in [1.807, 2.05) is 12.1 Å². The van der Waals surface area contributed by atoms with Crippen molar-refractivity contribution in [2.24, 2.45) is 0 Å². The maximum Gasteiger partial charge on any atom is 0.409 e. The summed E-state index contributed by atoms with van der Waals surface area (Å²) in [4.78, 5) is 15.6. The Hall–Kier alpha value is -1.62. The monoisotopic (exact) mass is 292 g/mol. The zero-order chi connectivity index (χ0) is 14.8. The van der Waals surface area contributed by atoms with Crippen LogP contribution < -0.4 is 0 Å². The maximum atomic E-state index is 13.0. The Morgan fingerprint density at radius 2 is 2.05 bits per heavy atom. The van der Waals surface area contributed by atoms with E-state index >= 15 is 0 Å². The minimum atomic E-state index is -0.197. The van der Waals surface area contributed by atoms with Gasteiger partial charge in [-0.2, -0.15) is 0 Å². The van der Waals surface area contributed by atoms with Crippen molar-refractivity contribution >= 4 is 6.09 Å². The van der Waals surface area contributed by atoms with Crippen LogP contribution in [-0.2, 0) is 4.74 Å². The number of hydrogen-bond acceptors (Lipinski definition) is 3. The molecule has 0 radical (unpaired) electrons. The van der Waals surface area contributed by atoms with Gasteiger partial charge in [-0.3, -0.25) is 4.90 Å². The second-order valence-electron chi connectivity index (χ2n) is 5.93. The highest BCUT2D eigenvalue weighted by Crippen LogP contribution is 2.31. The van der Waals surface area contributed by atoms with Crippen LogP contribution in [0.25, 0.3) is 0 Å². The zero-order valence-electron chi connectivity index (χ0n) is 12.3. The largest absolute Gasteiger partial charge is 0.448 e. The summed E-state index contributed by atoms with van der Waals surface area (Å²) >= 11 is 0. The van der Waals surface area contributed by atoms with Crippen LogP contribution in [0, 0.1) is 5.82 Å². The number of carbonyl (C=O) groups excluding carboxylic acids is 1. The minimum Gasteiger partial charge on any atom is -0.448 e. The van der Waals surface area contributed by atoms with Crippen LogP contribution in [0.2, 0.25) is 0 Å². The Labute approximate surface area is 124 Å². The molecular formula is C16H21FN2O2. The van der Waals surface area contributed by atoms with Crippen molar-refractivity contribution in [3.05, 3.63) is 35.6 Å². The van der Waals surface area contributed by atoms with Crippen molar-refractivity contribution in [2.75, 3.05) is 32.8 Å². The molecule has 0 N–H and O–H groups in total. The molecule has 4 nitrogen and oxygen atoms in total. The topological polar surface area (TPSA) is 32.8 Å². The first-order valence-electron chi connectivity index (χ1n) is 7.54. The summed E-state index contributed by atoms with van der Waals surface area (Å²) in [6.45, 7) is 5.98. The number of cyclic esters (lactones) is 1. The maximum absolute atomic E-state index is 13.0. The second-order valence-corrected chi connectivity index (χ2v) is 5.93. The molecule has 2 aliphatic rings. The van der Waals surface area contributed by atoms with Crippen molar-refractivity contribution in [2.45, 2.75) is 25.3 Å². The SMILES string of the molecule is C[C@H]1C[C@H](c2ccc(F)cc2)CN1CCN1CCOC1=O. The Morgan fingerprint density at radius 1 is 1.29 bits per heavy atom. The lowest BCUT2D eigenvalue weighted by Crippen LogP contribution is -2.37. The van der Waals surface area contributed by atoms with E-state index in [4.69, 9.17) is 4.74 Å². The van der Waals surface area contributed by atoms with Crippen molar-refractivity contribution in [3.8, 4) is 0 Å². The molecule has 0 aromatic heterocycles.